The highest BCUT2D eigenvalue weighted by Crippen LogP contribution is 2.20. The molecule has 2 rings (SSSR count). The fourth-order valence-electron chi connectivity index (χ4n) is 1.30. The third kappa shape index (κ3) is 4.01. The molecule has 0 aliphatic carbocycles. The Kier molecular flexibility index (Phi) is 4.54. The van der Waals surface area contributed by atoms with Crippen LogP contribution in [0, 0.1) is 0 Å². The predicted octanol–water partition coefficient (Wildman–Crippen LogP) is 2.24. The summed E-state index contributed by atoms with van der Waals surface area (Å²) >= 11 is 3.00. The average molecular weight is 280 g/mol. The van der Waals surface area contributed by atoms with Crippen LogP contribution in [0.5, 0.6) is 0 Å². The molecule has 0 fully saturated rings. The molecule has 3 N–H and O–H groups in total. The summed E-state index contributed by atoms with van der Waals surface area (Å²) in [5.74, 6) is 0.654. The summed E-state index contributed by atoms with van der Waals surface area (Å²) in [5, 5.41) is 10.4. The molecule has 0 unspecified atom stereocenters. The molecule has 0 atom stereocenters. The normalized spacial score (nSPS) is 10.2. The highest BCUT2D eigenvalue weighted by molar-refractivity contribution is 8.01. The molecule has 1 aromatic carbocycles. The molecular formula is C11H12N4OS2. The zero-order chi connectivity index (χ0) is 12.8. The number of anilines is 2. The van der Waals surface area contributed by atoms with Crippen molar-refractivity contribution in [2.75, 3.05) is 16.8 Å². The molecule has 1 amide bonds. The molecule has 5 nitrogen and oxygen atoms in total. The van der Waals surface area contributed by atoms with Crippen LogP contribution in [-0.2, 0) is 4.79 Å². The number of rotatable bonds is 5. The fraction of sp³-hybridized carbons (Fsp3) is 0.182. The Balaban J connectivity index is 1.75. The van der Waals surface area contributed by atoms with Crippen molar-refractivity contribution in [3.8, 4) is 0 Å². The molecule has 0 spiro atoms. The van der Waals surface area contributed by atoms with E-state index in [0.29, 0.717) is 17.9 Å². The molecule has 0 radical (unpaired) electrons. The molecule has 0 saturated heterocycles. The lowest BCUT2D eigenvalue weighted by molar-refractivity contribution is -0.115. The van der Waals surface area contributed by atoms with Gasteiger partial charge in [0.2, 0.25) is 5.91 Å². The van der Waals surface area contributed by atoms with Crippen LogP contribution in [-0.4, -0.2) is 21.9 Å². The van der Waals surface area contributed by atoms with E-state index in [9.17, 15) is 4.79 Å². The monoisotopic (exact) mass is 280 g/mol. The Morgan fingerprint density at radius 2 is 2.39 bits per heavy atom. The summed E-state index contributed by atoms with van der Waals surface area (Å²) in [7, 11) is 0. The number of aromatic nitrogens is 2. The van der Waals surface area contributed by atoms with Crippen molar-refractivity contribution < 1.29 is 4.79 Å². The quantitative estimate of drug-likeness (QED) is 0.648. The van der Waals surface area contributed by atoms with Crippen LogP contribution < -0.4 is 11.1 Å². The number of amides is 1. The molecule has 94 valence electrons. The summed E-state index contributed by atoms with van der Waals surface area (Å²) in [6.45, 7) is 0. The van der Waals surface area contributed by atoms with Gasteiger partial charge in [0, 0.05) is 23.5 Å². The maximum absolute atomic E-state index is 11.7. The van der Waals surface area contributed by atoms with Gasteiger partial charge in [-0.1, -0.05) is 29.2 Å². The van der Waals surface area contributed by atoms with Crippen molar-refractivity contribution in [1.29, 1.82) is 0 Å². The van der Waals surface area contributed by atoms with Gasteiger partial charge in [-0.2, -0.15) is 0 Å². The number of nitrogens with zero attached hydrogens (tertiary/aromatic N) is 2. The van der Waals surface area contributed by atoms with E-state index in [1.807, 2.05) is 6.07 Å². The van der Waals surface area contributed by atoms with Crippen LogP contribution >= 0.6 is 23.1 Å². The zero-order valence-electron chi connectivity index (χ0n) is 9.50. The second-order valence-electron chi connectivity index (χ2n) is 3.48. The minimum absolute atomic E-state index is 0.0300. The summed E-state index contributed by atoms with van der Waals surface area (Å²) in [6.07, 6.45) is 0.430. The van der Waals surface area contributed by atoms with Crippen molar-refractivity contribution in [3.63, 3.8) is 0 Å². The molecular weight excluding hydrogens is 268 g/mol. The van der Waals surface area contributed by atoms with Crippen molar-refractivity contribution >= 4 is 40.4 Å². The number of carbonyl (C=O) groups is 1. The number of hydrogen-bond acceptors (Lipinski definition) is 6. The van der Waals surface area contributed by atoms with Crippen LogP contribution in [0.25, 0.3) is 0 Å². The van der Waals surface area contributed by atoms with Crippen molar-refractivity contribution in [2.24, 2.45) is 0 Å². The number of carbonyl (C=O) groups excluding carboxylic acids is 1. The maximum Gasteiger partial charge on any atom is 0.225 e. The van der Waals surface area contributed by atoms with E-state index in [4.69, 9.17) is 5.73 Å². The molecule has 7 heteroatoms. The Bertz CT molecular complexity index is 516. The van der Waals surface area contributed by atoms with E-state index in [-0.39, 0.29) is 5.91 Å². The third-order valence-corrected chi connectivity index (χ3v) is 3.93. The highest BCUT2D eigenvalue weighted by atomic mass is 32.2. The molecule has 0 bridgehead atoms. The summed E-state index contributed by atoms with van der Waals surface area (Å²) in [6, 6.07) is 7.13. The first-order chi connectivity index (χ1) is 8.74. The first kappa shape index (κ1) is 12.8. The first-order valence-corrected chi connectivity index (χ1v) is 7.15. The third-order valence-electron chi connectivity index (χ3n) is 2.07. The van der Waals surface area contributed by atoms with E-state index in [1.54, 1.807) is 23.7 Å². The van der Waals surface area contributed by atoms with Crippen LogP contribution in [0.2, 0.25) is 0 Å². The number of benzene rings is 1. The summed E-state index contributed by atoms with van der Waals surface area (Å²) in [4.78, 5) is 11.7. The van der Waals surface area contributed by atoms with Gasteiger partial charge in [0.15, 0.2) is 4.34 Å². The van der Waals surface area contributed by atoms with Crippen molar-refractivity contribution in [3.05, 3.63) is 29.8 Å². The Labute approximate surface area is 113 Å². The van der Waals surface area contributed by atoms with Gasteiger partial charge in [-0.25, -0.2) is 0 Å². The van der Waals surface area contributed by atoms with E-state index >= 15 is 0 Å². The zero-order valence-corrected chi connectivity index (χ0v) is 11.1. The van der Waals surface area contributed by atoms with Gasteiger partial charge < -0.3 is 11.1 Å². The minimum atomic E-state index is -0.0300. The molecule has 1 heterocycles. The van der Waals surface area contributed by atoms with Gasteiger partial charge in [0.05, 0.1) is 0 Å². The lowest BCUT2D eigenvalue weighted by atomic mass is 10.3. The van der Waals surface area contributed by atoms with Crippen LogP contribution in [0.1, 0.15) is 6.42 Å². The molecule has 0 aliphatic rings. The minimum Gasteiger partial charge on any atom is -0.399 e. The smallest absolute Gasteiger partial charge is 0.225 e. The Morgan fingerprint density at radius 1 is 1.50 bits per heavy atom. The number of nitrogens with two attached hydrogens (primary N) is 1. The lowest BCUT2D eigenvalue weighted by Crippen LogP contribution is -2.12. The molecule has 1 aromatic heterocycles. The Morgan fingerprint density at radius 3 is 3.11 bits per heavy atom. The van der Waals surface area contributed by atoms with E-state index in [1.165, 1.54) is 23.1 Å². The summed E-state index contributed by atoms with van der Waals surface area (Å²) < 4.78 is 0.881. The van der Waals surface area contributed by atoms with Gasteiger partial charge >= 0.3 is 0 Å². The van der Waals surface area contributed by atoms with E-state index in [0.717, 1.165) is 10.0 Å². The Hall–Kier alpha value is -1.60. The molecule has 0 saturated carbocycles. The van der Waals surface area contributed by atoms with Gasteiger partial charge in [-0.15, -0.1) is 10.2 Å². The second-order valence-corrected chi connectivity index (χ2v) is 5.65. The molecule has 2 aromatic rings. The number of nitrogens with one attached hydrogen (secondary N) is 1. The second kappa shape index (κ2) is 6.36. The van der Waals surface area contributed by atoms with Gasteiger partial charge in [0.25, 0.3) is 0 Å². The highest BCUT2D eigenvalue weighted by Gasteiger charge is 2.04. The average Bonchev–Trinajstić information content (AvgIpc) is 2.82. The first-order valence-electron chi connectivity index (χ1n) is 5.28. The lowest BCUT2D eigenvalue weighted by Gasteiger charge is -2.05. The van der Waals surface area contributed by atoms with Gasteiger partial charge in [-0.3, -0.25) is 4.79 Å². The van der Waals surface area contributed by atoms with Gasteiger partial charge in [-0.05, 0) is 18.2 Å². The molecule has 18 heavy (non-hydrogen) atoms. The largest absolute Gasteiger partial charge is 0.399 e. The molecule has 0 aliphatic heterocycles. The number of nitrogen functional groups attached to an aromatic ring is 1. The van der Waals surface area contributed by atoms with E-state index < -0.39 is 0 Å². The van der Waals surface area contributed by atoms with Crippen molar-refractivity contribution in [1.82, 2.24) is 10.2 Å². The van der Waals surface area contributed by atoms with Crippen LogP contribution in [0.4, 0.5) is 11.4 Å². The van der Waals surface area contributed by atoms with Crippen molar-refractivity contribution in [2.45, 2.75) is 10.8 Å². The van der Waals surface area contributed by atoms with E-state index in [2.05, 4.69) is 15.5 Å². The van der Waals surface area contributed by atoms with Gasteiger partial charge in [0.1, 0.15) is 5.51 Å². The standard InChI is InChI=1S/C11H12N4OS2/c12-8-2-1-3-9(6-8)14-10(16)4-5-17-11-15-13-7-18-11/h1-3,6-7H,4-5,12H2,(H,14,16). The maximum atomic E-state index is 11.7. The number of hydrogen-bond donors (Lipinski definition) is 2. The summed E-state index contributed by atoms with van der Waals surface area (Å²) in [5.41, 5.74) is 8.66. The topological polar surface area (TPSA) is 80.9 Å². The van der Waals surface area contributed by atoms with Crippen LogP contribution in [0.3, 0.4) is 0 Å². The SMILES string of the molecule is Nc1cccc(NC(=O)CCSc2nncs2)c1. The number of thioether (sulfide) groups is 1. The fourth-order valence-corrected chi connectivity index (χ4v) is 2.79. The van der Waals surface area contributed by atoms with Crippen LogP contribution in [0.15, 0.2) is 34.1 Å². The predicted molar refractivity (Wildman–Crippen MR) is 74.7 cm³/mol.